The van der Waals surface area contributed by atoms with E-state index in [0.29, 0.717) is 24.0 Å². The summed E-state index contributed by atoms with van der Waals surface area (Å²) in [5, 5.41) is 2.26. The standard InChI is InChI=1S/C32H40O6Si2/c1-7-39(8-2,9-3)27-21-17-25(18-22-27)31(33)37-35-29-15-13-14-16-30(29)36-38-32(34)26-19-23-28(24-20-26)40(10-4,11-5)12-6/h7-8,10-11,17-24,29-30H,1-2,4-5,9,12-16H2,3,6H3. The predicted molar refractivity (Wildman–Crippen MR) is 164 cm³/mol. The molecule has 2 unspecified atom stereocenters. The Morgan fingerprint density at radius 1 is 0.675 bits per heavy atom. The fourth-order valence-corrected chi connectivity index (χ4v) is 9.87. The number of carbonyl (C=O) groups is 2. The third kappa shape index (κ3) is 6.87. The fourth-order valence-electron chi connectivity index (χ4n) is 5.05. The Morgan fingerprint density at radius 2 is 1.00 bits per heavy atom. The molecule has 0 aliphatic heterocycles. The van der Waals surface area contributed by atoms with E-state index in [4.69, 9.17) is 19.6 Å². The predicted octanol–water partition coefficient (Wildman–Crippen LogP) is 6.13. The number of carbonyl (C=O) groups excluding carboxylic acids is 2. The number of hydrogen-bond donors (Lipinski definition) is 0. The van der Waals surface area contributed by atoms with Crippen LogP contribution in [0.4, 0.5) is 0 Å². The highest BCUT2D eigenvalue weighted by Crippen LogP contribution is 2.25. The second-order valence-electron chi connectivity index (χ2n) is 10.1. The molecule has 2 aromatic rings. The van der Waals surface area contributed by atoms with Gasteiger partial charge in [0.1, 0.15) is 28.4 Å². The molecule has 1 saturated carbocycles. The summed E-state index contributed by atoms with van der Waals surface area (Å²) in [6.07, 6.45) is 1.89. The number of benzene rings is 2. The molecular formula is C32H40O6Si2. The Labute approximate surface area is 239 Å². The average molecular weight is 577 g/mol. The molecule has 212 valence electrons. The first-order chi connectivity index (χ1) is 19.3. The second-order valence-corrected chi connectivity index (χ2v) is 18.4. The minimum absolute atomic E-state index is 0.377. The van der Waals surface area contributed by atoms with Crippen LogP contribution in [0, 0.1) is 0 Å². The maximum absolute atomic E-state index is 12.7. The molecular weight excluding hydrogens is 537 g/mol. The van der Waals surface area contributed by atoms with Crippen LogP contribution in [0.2, 0.25) is 12.1 Å². The van der Waals surface area contributed by atoms with E-state index in [-0.39, 0.29) is 0 Å². The lowest BCUT2D eigenvalue weighted by Gasteiger charge is -2.28. The van der Waals surface area contributed by atoms with Gasteiger partial charge in [0, 0.05) is 0 Å². The third-order valence-electron chi connectivity index (χ3n) is 8.08. The van der Waals surface area contributed by atoms with Gasteiger partial charge in [0.25, 0.3) is 0 Å². The summed E-state index contributed by atoms with van der Waals surface area (Å²) >= 11 is 0. The summed E-state index contributed by atoms with van der Waals surface area (Å²) in [7, 11) is -3.97. The molecule has 8 heteroatoms. The van der Waals surface area contributed by atoms with Crippen LogP contribution in [0.3, 0.4) is 0 Å². The highest BCUT2D eigenvalue weighted by molar-refractivity contribution is 7.00. The molecule has 0 radical (unpaired) electrons. The highest BCUT2D eigenvalue weighted by Gasteiger charge is 2.32. The SMILES string of the molecule is C=C[Si](C=C)(CC)c1ccc(C(=O)OOC2CCCCC2OOC(=O)c2ccc([Si](C=C)(C=C)CC)cc2)cc1. The van der Waals surface area contributed by atoms with E-state index in [2.05, 4.69) is 40.2 Å². The molecule has 0 spiro atoms. The van der Waals surface area contributed by atoms with Gasteiger partial charge in [-0.05, 0) is 49.2 Å². The molecule has 0 amide bonds. The van der Waals surface area contributed by atoms with Crippen LogP contribution in [0.25, 0.3) is 0 Å². The molecule has 6 nitrogen and oxygen atoms in total. The second kappa shape index (κ2) is 14.4. The van der Waals surface area contributed by atoms with Gasteiger partial charge < -0.3 is 0 Å². The van der Waals surface area contributed by atoms with Gasteiger partial charge in [0.2, 0.25) is 0 Å². The maximum Gasteiger partial charge on any atom is 0.373 e. The first-order valence-electron chi connectivity index (χ1n) is 13.8. The van der Waals surface area contributed by atoms with Crippen molar-refractivity contribution in [1.82, 2.24) is 0 Å². The zero-order chi connectivity index (χ0) is 29.2. The van der Waals surface area contributed by atoms with Crippen molar-refractivity contribution in [2.45, 2.75) is 63.8 Å². The van der Waals surface area contributed by atoms with Crippen LogP contribution < -0.4 is 10.4 Å². The highest BCUT2D eigenvalue weighted by atomic mass is 28.3. The van der Waals surface area contributed by atoms with Gasteiger partial charge >= 0.3 is 11.9 Å². The molecule has 1 aliphatic rings. The maximum atomic E-state index is 12.7. The number of hydrogen-bond acceptors (Lipinski definition) is 6. The van der Waals surface area contributed by atoms with Crippen LogP contribution in [-0.4, -0.2) is 40.3 Å². The minimum atomic E-state index is -1.99. The molecule has 2 atom stereocenters. The quantitative estimate of drug-likeness (QED) is 0.153. The lowest BCUT2D eigenvalue weighted by molar-refractivity contribution is -0.352. The zero-order valence-electron chi connectivity index (χ0n) is 23.6. The fraction of sp³-hybridized carbons (Fsp3) is 0.312. The van der Waals surface area contributed by atoms with Gasteiger partial charge in [0.15, 0.2) is 0 Å². The van der Waals surface area contributed by atoms with Crippen molar-refractivity contribution in [2.24, 2.45) is 0 Å². The Morgan fingerprint density at radius 3 is 1.27 bits per heavy atom. The van der Waals surface area contributed by atoms with Gasteiger partial charge in [-0.2, -0.15) is 9.78 Å². The summed E-state index contributed by atoms with van der Waals surface area (Å²) in [5.74, 6) is -1.20. The lowest BCUT2D eigenvalue weighted by Crippen LogP contribution is -2.43. The zero-order valence-corrected chi connectivity index (χ0v) is 25.6. The normalized spacial score (nSPS) is 17.4. The molecule has 40 heavy (non-hydrogen) atoms. The Bertz CT molecular complexity index is 1090. The number of rotatable bonds is 14. The summed E-state index contributed by atoms with van der Waals surface area (Å²) < 4.78 is 0. The van der Waals surface area contributed by atoms with Crippen molar-refractivity contribution in [1.29, 1.82) is 0 Å². The molecule has 1 aliphatic carbocycles. The third-order valence-corrected chi connectivity index (χ3v) is 16.2. The first kappa shape index (κ1) is 31.2. The lowest BCUT2D eigenvalue weighted by atomic mass is 9.95. The molecule has 3 rings (SSSR count). The molecule has 0 saturated heterocycles. The van der Waals surface area contributed by atoms with Crippen LogP contribution in [-0.2, 0) is 19.6 Å². The van der Waals surface area contributed by atoms with E-state index in [1.54, 1.807) is 24.3 Å². The summed E-state index contributed by atoms with van der Waals surface area (Å²) in [4.78, 5) is 46.7. The average Bonchev–Trinajstić information content (AvgIpc) is 3.02. The first-order valence-corrected chi connectivity index (χ1v) is 18.5. The summed E-state index contributed by atoms with van der Waals surface area (Å²) in [6, 6.07) is 16.5. The van der Waals surface area contributed by atoms with E-state index in [1.165, 1.54) is 0 Å². The molecule has 0 aromatic heterocycles. The Balaban J connectivity index is 1.57. The van der Waals surface area contributed by atoms with E-state index >= 15 is 0 Å². The van der Waals surface area contributed by atoms with Gasteiger partial charge in [0.05, 0.1) is 11.1 Å². The Hall–Kier alpha value is -3.31. The molecule has 0 bridgehead atoms. The minimum Gasteiger partial charge on any atom is -0.292 e. The van der Waals surface area contributed by atoms with E-state index in [1.807, 2.05) is 47.1 Å². The molecule has 1 fully saturated rings. The molecule has 0 N–H and O–H groups in total. The van der Waals surface area contributed by atoms with Crippen molar-refractivity contribution in [3.8, 4) is 0 Å². The van der Waals surface area contributed by atoms with Crippen molar-refractivity contribution < 1.29 is 29.1 Å². The van der Waals surface area contributed by atoms with Crippen molar-refractivity contribution in [3.05, 3.63) is 109 Å². The monoisotopic (exact) mass is 576 g/mol. The van der Waals surface area contributed by atoms with Crippen molar-refractivity contribution in [2.75, 3.05) is 0 Å². The molecule has 0 heterocycles. The topological polar surface area (TPSA) is 71.1 Å². The van der Waals surface area contributed by atoms with Crippen molar-refractivity contribution >= 4 is 38.5 Å². The van der Waals surface area contributed by atoms with Crippen LogP contribution in [0.1, 0.15) is 60.2 Å². The smallest absolute Gasteiger partial charge is 0.292 e. The van der Waals surface area contributed by atoms with Crippen molar-refractivity contribution in [3.63, 3.8) is 0 Å². The van der Waals surface area contributed by atoms with E-state index in [9.17, 15) is 9.59 Å². The summed E-state index contributed by atoms with van der Waals surface area (Å²) in [5.41, 5.74) is 8.72. The van der Waals surface area contributed by atoms with Crippen LogP contribution >= 0.6 is 0 Å². The van der Waals surface area contributed by atoms with Crippen LogP contribution in [0.5, 0.6) is 0 Å². The van der Waals surface area contributed by atoms with Gasteiger partial charge in [-0.25, -0.2) is 9.59 Å². The van der Waals surface area contributed by atoms with Crippen LogP contribution in [0.15, 0.2) is 97.6 Å². The van der Waals surface area contributed by atoms with Gasteiger partial charge in [-0.3, -0.25) is 9.78 Å². The molecule has 2 aromatic carbocycles. The van der Waals surface area contributed by atoms with Gasteiger partial charge in [-0.1, -0.05) is 84.1 Å². The van der Waals surface area contributed by atoms with Gasteiger partial charge in [-0.15, -0.1) is 26.3 Å². The van der Waals surface area contributed by atoms with E-state index in [0.717, 1.165) is 35.3 Å². The largest absolute Gasteiger partial charge is 0.373 e. The Kier molecular flexibility index (Phi) is 11.2. The summed E-state index contributed by atoms with van der Waals surface area (Å²) in [6.45, 7) is 20.2. The van der Waals surface area contributed by atoms with E-state index < -0.39 is 40.3 Å².